The molecule has 1 N–H and O–H groups in total. The molecular formula is C27H29FO5. The van der Waals surface area contributed by atoms with Crippen LogP contribution in [0.4, 0.5) is 4.39 Å². The van der Waals surface area contributed by atoms with Gasteiger partial charge in [0, 0.05) is 0 Å². The van der Waals surface area contributed by atoms with Crippen LogP contribution in [0.1, 0.15) is 16.7 Å². The van der Waals surface area contributed by atoms with Gasteiger partial charge in [-0.05, 0) is 16.7 Å². The Hall–Kier alpha value is -2.61. The highest BCUT2D eigenvalue weighted by molar-refractivity contribution is 5.15. The first-order chi connectivity index (χ1) is 16.2. The van der Waals surface area contributed by atoms with E-state index in [0.29, 0.717) is 6.61 Å². The van der Waals surface area contributed by atoms with Crippen LogP contribution >= 0.6 is 0 Å². The Morgan fingerprint density at radius 3 is 1.64 bits per heavy atom. The number of aliphatic hydroxyl groups is 1. The van der Waals surface area contributed by atoms with Crippen molar-refractivity contribution in [1.82, 2.24) is 0 Å². The largest absolute Gasteiger partial charge is 0.387 e. The lowest BCUT2D eigenvalue weighted by atomic mass is 9.99. The first kappa shape index (κ1) is 23.5. The van der Waals surface area contributed by atoms with Crippen molar-refractivity contribution < 1.29 is 28.4 Å². The predicted molar refractivity (Wildman–Crippen MR) is 122 cm³/mol. The maximum atomic E-state index is 15.1. The van der Waals surface area contributed by atoms with Crippen molar-refractivity contribution >= 4 is 0 Å². The zero-order chi connectivity index (χ0) is 22.9. The van der Waals surface area contributed by atoms with Crippen LogP contribution in [0.5, 0.6) is 0 Å². The van der Waals surface area contributed by atoms with E-state index in [1.54, 1.807) is 0 Å². The monoisotopic (exact) mass is 452 g/mol. The molecule has 1 heterocycles. The molecule has 0 radical (unpaired) electrons. The van der Waals surface area contributed by atoms with Crippen LogP contribution < -0.4 is 0 Å². The third-order valence-corrected chi connectivity index (χ3v) is 5.57. The molecule has 0 aromatic heterocycles. The van der Waals surface area contributed by atoms with Crippen LogP contribution in [0.3, 0.4) is 0 Å². The lowest BCUT2D eigenvalue weighted by molar-refractivity contribution is -0.289. The summed E-state index contributed by atoms with van der Waals surface area (Å²) in [5.74, 6) is 0. The molecule has 6 heteroatoms. The fourth-order valence-electron chi connectivity index (χ4n) is 3.78. The Bertz CT molecular complexity index is 941. The van der Waals surface area contributed by atoms with E-state index in [1.165, 1.54) is 0 Å². The van der Waals surface area contributed by atoms with Crippen LogP contribution in [0.15, 0.2) is 91.0 Å². The molecule has 1 aliphatic heterocycles. The van der Waals surface area contributed by atoms with Gasteiger partial charge < -0.3 is 24.1 Å². The highest BCUT2D eigenvalue weighted by Gasteiger charge is 2.47. The van der Waals surface area contributed by atoms with Gasteiger partial charge in [-0.2, -0.15) is 0 Å². The lowest BCUT2D eigenvalue weighted by Crippen LogP contribution is -2.59. The van der Waals surface area contributed by atoms with E-state index in [9.17, 15) is 5.11 Å². The molecule has 5 nitrogen and oxygen atoms in total. The molecule has 1 fully saturated rings. The Morgan fingerprint density at radius 2 is 1.12 bits per heavy atom. The van der Waals surface area contributed by atoms with Crippen LogP contribution in [0, 0.1) is 0 Å². The molecular weight excluding hydrogens is 423 g/mol. The van der Waals surface area contributed by atoms with Gasteiger partial charge in [-0.25, -0.2) is 4.39 Å². The molecule has 0 saturated carbocycles. The number of ether oxygens (including phenoxy) is 4. The first-order valence-corrected chi connectivity index (χ1v) is 11.1. The highest BCUT2D eigenvalue weighted by atomic mass is 19.1. The smallest absolute Gasteiger partial charge is 0.228 e. The highest BCUT2D eigenvalue weighted by Crippen LogP contribution is 2.29. The zero-order valence-corrected chi connectivity index (χ0v) is 18.3. The minimum atomic E-state index is -1.76. The fourth-order valence-corrected chi connectivity index (χ4v) is 3.78. The first-order valence-electron chi connectivity index (χ1n) is 11.1. The molecule has 3 aromatic carbocycles. The molecule has 33 heavy (non-hydrogen) atoms. The Balaban J connectivity index is 1.41. The second-order valence-corrected chi connectivity index (χ2v) is 8.04. The van der Waals surface area contributed by atoms with Crippen LogP contribution in [-0.2, 0) is 38.8 Å². The Kier molecular flexibility index (Phi) is 8.58. The molecule has 174 valence electrons. The van der Waals surface area contributed by atoms with E-state index in [-0.39, 0.29) is 19.8 Å². The van der Waals surface area contributed by atoms with E-state index in [2.05, 4.69) is 0 Å². The number of aliphatic hydroxyl groups excluding tert-OH is 1. The average Bonchev–Trinajstić information content (AvgIpc) is 2.86. The normalized spacial score (nSPS) is 25.1. The predicted octanol–water partition coefficient (Wildman–Crippen LogP) is 4.43. The summed E-state index contributed by atoms with van der Waals surface area (Å²) in [6.45, 7) is 0.779. The summed E-state index contributed by atoms with van der Waals surface area (Å²) >= 11 is 0. The molecule has 1 aliphatic rings. The van der Waals surface area contributed by atoms with Gasteiger partial charge >= 0.3 is 0 Å². The maximum Gasteiger partial charge on any atom is 0.228 e. The topological polar surface area (TPSA) is 57.2 Å². The minimum absolute atomic E-state index is 0.0348. The summed E-state index contributed by atoms with van der Waals surface area (Å²) in [6, 6.07) is 28.7. The van der Waals surface area contributed by atoms with Gasteiger partial charge in [0.05, 0.1) is 26.4 Å². The fraction of sp³-hybridized carbons (Fsp3) is 0.333. The van der Waals surface area contributed by atoms with Gasteiger partial charge in [0.1, 0.15) is 24.4 Å². The van der Waals surface area contributed by atoms with Crippen molar-refractivity contribution in [3.05, 3.63) is 108 Å². The molecule has 3 aromatic rings. The number of halogens is 1. The van der Waals surface area contributed by atoms with Crippen LogP contribution in [0.2, 0.25) is 0 Å². The van der Waals surface area contributed by atoms with Crippen molar-refractivity contribution in [2.24, 2.45) is 0 Å². The summed E-state index contributed by atoms with van der Waals surface area (Å²) in [6.07, 6.45) is -5.74. The van der Waals surface area contributed by atoms with E-state index in [1.807, 2.05) is 91.0 Å². The molecule has 1 saturated heterocycles. The summed E-state index contributed by atoms with van der Waals surface area (Å²) in [5, 5.41) is 11.0. The molecule has 5 atom stereocenters. The summed E-state index contributed by atoms with van der Waals surface area (Å²) in [7, 11) is 0. The second kappa shape index (κ2) is 12.0. The molecule has 0 bridgehead atoms. The standard InChI is InChI=1S/C27H29FO5/c28-27-26(32-18-22-14-8-3-9-15-22)25(31-17-21-12-6-2-7-13-21)24(29)23(33-27)19-30-16-20-10-4-1-5-11-20/h1-15,23-27,29H,16-19H2/t23?,24-,25+,26?,27-/m0/s1. The SMILES string of the molecule is O[C@H]1C(COCc2ccccc2)O[C@H](F)C(OCc2ccccc2)[C@@H]1OCc1ccccc1. The summed E-state index contributed by atoms with van der Waals surface area (Å²) in [5.41, 5.74) is 2.81. The van der Waals surface area contributed by atoms with Gasteiger partial charge in [0.2, 0.25) is 6.36 Å². The van der Waals surface area contributed by atoms with E-state index >= 15 is 4.39 Å². The van der Waals surface area contributed by atoms with E-state index in [4.69, 9.17) is 18.9 Å². The molecule has 0 amide bonds. The molecule has 4 rings (SSSR count). The summed E-state index contributed by atoms with van der Waals surface area (Å²) in [4.78, 5) is 0. The van der Waals surface area contributed by atoms with Gasteiger partial charge in [-0.3, -0.25) is 0 Å². The maximum absolute atomic E-state index is 15.1. The summed E-state index contributed by atoms with van der Waals surface area (Å²) < 4.78 is 38.1. The quantitative estimate of drug-likeness (QED) is 0.493. The van der Waals surface area contributed by atoms with Crippen molar-refractivity contribution in [2.75, 3.05) is 6.61 Å². The molecule has 0 spiro atoms. The average molecular weight is 453 g/mol. The van der Waals surface area contributed by atoms with Crippen molar-refractivity contribution in [3.63, 3.8) is 0 Å². The van der Waals surface area contributed by atoms with Gasteiger partial charge in [-0.15, -0.1) is 0 Å². The van der Waals surface area contributed by atoms with Crippen molar-refractivity contribution in [2.45, 2.75) is 50.6 Å². The van der Waals surface area contributed by atoms with Gasteiger partial charge in [0.25, 0.3) is 0 Å². The van der Waals surface area contributed by atoms with E-state index in [0.717, 1.165) is 16.7 Å². The zero-order valence-electron chi connectivity index (χ0n) is 18.3. The minimum Gasteiger partial charge on any atom is -0.387 e. The number of hydrogen-bond donors (Lipinski definition) is 1. The third-order valence-electron chi connectivity index (χ3n) is 5.57. The van der Waals surface area contributed by atoms with Gasteiger partial charge in [-0.1, -0.05) is 91.0 Å². The van der Waals surface area contributed by atoms with Crippen molar-refractivity contribution in [3.8, 4) is 0 Å². The van der Waals surface area contributed by atoms with Crippen molar-refractivity contribution in [1.29, 1.82) is 0 Å². The Labute approximate surface area is 193 Å². The third kappa shape index (κ3) is 6.69. The second-order valence-electron chi connectivity index (χ2n) is 8.04. The molecule has 2 unspecified atom stereocenters. The Morgan fingerprint density at radius 1 is 0.667 bits per heavy atom. The number of hydrogen-bond acceptors (Lipinski definition) is 5. The van der Waals surface area contributed by atoms with Crippen LogP contribution in [-0.4, -0.2) is 42.5 Å². The molecule has 0 aliphatic carbocycles. The number of rotatable bonds is 10. The van der Waals surface area contributed by atoms with Gasteiger partial charge in [0.15, 0.2) is 0 Å². The van der Waals surface area contributed by atoms with E-state index < -0.39 is 30.8 Å². The van der Waals surface area contributed by atoms with Crippen LogP contribution in [0.25, 0.3) is 0 Å². The number of alkyl halides is 1. The lowest BCUT2D eigenvalue weighted by Gasteiger charge is -2.41. The number of benzene rings is 3.